The molecule has 94 valence electrons. The van der Waals surface area contributed by atoms with E-state index in [0.717, 1.165) is 13.0 Å². The summed E-state index contributed by atoms with van der Waals surface area (Å²) in [6.07, 6.45) is 1.05. The summed E-state index contributed by atoms with van der Waals surface area (Å²) in [7, 11) is 0. The minimum absolute atomic E-state index is 0.956. The highest BCUT2D eigenvalue weighted by atomic mass is 14.9. The Balaban J connectivity index is 1.72. The minimum atomic E-state index is 0.956. The number of hydrogen-bond donors (Lipinski definition) is 1. The predicted molar refractivity (Wildman–Crippen MR) is 82.6 cm³/mol. The highest BCUT2D eigenvalue weighted by molar-refractivity contribution is 5.93. The van der Waals surface area contributed by atoms with E-state index in [-0.39, 0.29) is 0 Å². The fourth-order valence-corrected chi connectivity index (χ4v) is 2.37. The molecular weight excluding hydrogens is 230 g/mol. The van der Waals surface area contributed by atoms with Crippen LogP contribution in [0.15, 0.2) is 72.8 Å². The van der Waals surface area contributed by atoms with E-state index >= 15 is 0 Å². The van der Waals surface area contributed by atoms with Crippen LogP contribution in [0.5, 0.6) is 0 Å². The van der Waals surface area contributed by atoms with Gasteiger partial charge in [0.05, 0.1) is 0 Å². The van der Waals surface area contributed by atoms with Crippen LogP contribution in [-0.4, -0.2) is 6.54 Å². The van der Waals surface area contributed by atoms with Crippen LogP contribution in [0.3, 0.4) is 0 Å². The van der Waals surface area contributed by atoms with E-state index in [4.69, 9.17) is 0 Å². The Hall–Kier alpha value is -2.28. The first-order valence-electron chi connectivity index (χ1n) is 6.69. The minimum Gasteiger partial charge on any atom is -0.384 e. The van der Waals surface area contributed by atoms with Crippen molar-refractivity contribution in [2.75, 3.05) is 11.9 Å². The lowest BCUT2D eigenvalue weighted by molar-refractivity contribution is 1.02. The largest absolute Gasteiger partial charge is 0.384 e. The van der Waals surface area contributed by atoms with Gasteiger partial charge in [0.1, 0.15) is 0 Å². The van der Waals surface area contributed by atoms with E-state index in [2.05, 4.69) is 78.1 Å². The molecule has 0 aromatic heterocycles. The monoisotopic (exact) mass is 247 g/mol. The Bertz CT molecular complexity index is 653. The second-order valence-corrected chi connectivity index (χ2v) is 4.69. The molecule has 19 heavy (non-hydrogen) atoms. The second kappa shape index (κ2) is 5.57. The molecular formula is C18H17N. The molecule has 3 aromatic rings. The number of rotatable bonds is 4. The maximum Gasteiger partial charge on any atom is 0.0419 e. The predicted octanol–water partition coefficient (Wildman–Crippen LogP) is 4.49. The average Bonchev–Trinajstić information content (AvgIpc) is 2.49. The van der Waals surface area contributed by atoms with Crippen LogP contribution < -0.4 is 5.32 Å². The third-order valence-electron chi connectivity index (χ3n) is 3.36. The number of anilines is 1. The van der Waals surface area contributed by atoms with Gasteiger partial charge in [-0.25, -0.2) is 0 Å². The van der Waals surface area contributed by atoms with E-state index in [1.807, 2.05) is 0 Å². The van der Waals surface area contributed by atoms with Gasteiger partial charge in [-0.1, -0.05) is 66.7 Å². The lowest BCUT2D eigenvalue weighted by atomic mass is 10.1. The van der Waals surface area contributed by atoms with E-state index in [0.29, 0.717) is 0 Å². The second-order valence-electron chi connectivity index (χ2n) is 4.69. The smallest absolute Gasteiger partial charge is 0.0419 e. The standard InChI is InChI=1S/C18H17N/c1-2-7-15(8-3-1)13-14-19-18-12-6-10-16-9-4-5-11-17(16)18/h1-12,19H,13-14H2. The van der Waals surface area contributed by atoms with Gasteiger partial charge in [0.2, 0.25) is 0 Å². The van der Waals surface area contributed by atoms with Crippen molar-refractivity contribution in [2.24, 2.45) is 0 Å². The molecule has 0 radical (unpaired) electrons. The fourth-order valence-electron chi connectivity index (χ4n) is 2.37. The van der Waals surface area contributed by atoms with Crippen LogP contribution in [-0.2, 0) is 6.42 Å². The van der Waals surface area contributed by atoms with Crippen LogP contribution in [0.2, 0.25) is 0 Å². The molecule has 3 aromatic carbocycles. The molecule has 0 fully saturated rings. The van der Waals surface area contributed by atoms with Gasteiger partial charge < -0.3 is 5.32 Å². The van der Waals surface area contributed by atoms with Gasteiger partial charge in [0.25, 0.3) is 0 Å². The first-order chi connectivity index (χ1) is 9.43. The zero-order chi connectivity index (χ0) is 12.9. The van der Waals surface area contributed by atoms with Crippen LogP contribution in [0.1, 0.15) is 5.56 Å². The van der Waals surface area contributed by atoms with Crippen LogP contribution in [0.25, 0.3) is 10.8 Å². The summed E-state index contributed by atoms with van der Waals surface area (Å²) in [5, 5.41) is 6.11. The van der Waals surface area contributed by atoms with Gasteiger partial charge in [0.15, 0.2) is 0 Å². The van der Waals surface area contributed by atoms with Crippen molar-refractivity contribution in [1.82, 2.24) is 0 Å². The van der Waals surface area contributed by atoms with Crippen molar-refractivity contribution >= 4 is 16.5 Å². The molecule has 0 bridgehead atoms. The van der Waals surface area contributed by atoms with E-state index < -0.39 is 0 Å². The third-order valence-corrected chi connectivity index (χ3v) is 3.36. The molecule has 3 rings (SSSR count). The maximum atomic E-state index is 3.54. The zero-order valence-electron chi connectivity index (χ0n) is 10.8. The average molecular weight is 247 g/mol. The molecule has 0 atom stereocenters. The van der Waals surface area contributed by atoms with Gasteiger partial charge in [-0.15, -0.1) is 0 Å². The van der Waals surface area contributed by atoms with Crippen molar-refractivity contribution in [3.05, 3.63) is 78.4 Å². The molecule has 1 heteroatoms. The maximum absolute atomic E-state index is 3.54. The van der Waals surface area contributed by atoms with Gasteiger partial charge in [-0.3, -0.25) is 0 Å². The summed E-state index contributed by atoms with van der Waals surface area (Å²) in [5.74, 6) is 0. The highest BCUT2D eigenvalue weighted by Gasteiger charge is 1.99. The summed E-state index contributed by atoms with van der Waals surface area (Å²) in [5.41, 5.74) is 2.59. The van der Waals surface area contributed by atoms with Crippen molar-refractivity contribution in [3.8, 4) is 0 Å². The molecule has 0 unspecified atom stereocenters. The molecule has 0 aliphatic carbocycles. The van der Waals surface area contributed by atoms with Crippen LogP contribution in [0.4, 0.5) is 5.69 Å². The van der Waals surface area contributed by atoms with Crippen molar-refractivity contribution in [2.45, 2.75) is 6.42 Å². The summed E-state index contributed by atoms with van der Waals surface area (Å²) in [4.78, 5) is 0. The molecule has 0 aliphatic heterocycles. The lowest BCUT2D eigenvalue weighted by Crippen LogP contribution is -2.04. The van der Waals surface area contributed by atoms with Crippen LogP contribution in [0, 0.1) is 0 Å². The number of fused-ring (bicyclic) bond motifs is 1. The van der Waals surface area contributed by atoms with Crippen molar-refractivity contribution < 1.29 is 0 Å². The molecule has 0 saturated carbocycles. The summed E-state index contributed by atoms with van der Waals surface area (Å²) in [6, 6.07) is 25.5. The Kier molecular flexibility index (Phi) is 3.46. The van der Waals surface area contributed by atoms with E-state index in [9.17, 15) is 0 Å². The molecule has 0 spiro atoms. The molecule has 0 amide bonds. The quantitative estimate of drug-likeness (QED) is 0.716. The SMILES string of the molecule is c1ccc(CCNc2cccc3ccccc23)cc1. The van der Waals surface area contributed by atoms with Gasteiger partial charge in [0, 0.05) is 17.6 Å². The van der Waals surface area contributed by atoms with Crippen molar-refractivity contribution in [3.63, 3.8) is 0 Å². The zero-order valence-corrected chi connectivity index (χ0v) is 10.8. The number of hydrogen-bond acceptors (Lipinski definition) is 1. The Morgan fingerprint density at radius 3 is 2.32 bits per heavy atom. The molecule has 0 heterocycles. The Labute approximate surface area is 113 Å². The topological polar surface area (TPSA) is 12.0 Å². The highest BCUT2D eigenvalue weighted by Crippen LogP contribution is 2.22. The number of benzene rings is 3. The Morgan fingerprint density at radius 2 is 1.42 bits per heavy atom. The van der Waals surface area contributed by atoms with Gasteiger partial charge in [-0.05, 0) is 23.4 Å². The third kappa shape index (κ3) is 2.76. The molecule has 0 aliphatic rings. The van der Waals surface area contributed by atoms with Gasteiger partial charge >= 0.3 is 0 Å². The molecule has 1 N–H and O–H groups in total. The van der Waals surface area contributed by atoms with E-state index in [1.165, 1.54) is 22.0 Å². The van der Waals surface area contributed by atoms with Crippen LogP contribution >= 0.6 is 0 Å². The summed E-state index contributed by atoms with van der Waals surface area (Å²) < 4.78 is 0. The normalized spacial score (nSPS) is 10.5. The molecule has 0 saturated heterocycles. The molecule has 1 nitrogen and oxygen atoms in total. The lowest BCUT2D eigenvalue weighted by Gasteiger charge is -2.09. The van der Waals surface area contributed by atoms with Gasteiger partial charge in [-0.2, -0.15) is 0 Å². The Morgan fingerprint density at radius 1 is 0.684 bits per heavy atom. The first kappa shape index (κ1) is 11.8. The summed E-state index contributed by atoms with van der Waals surface area (Å²) in [6.45, 7) is 0.956. The number of nitrogens with one attached hydrogen (secondary N) is 1. The van der Waals surface area contributed by atoms with E-state index in [1.54, 1.807) is 0 Å². The van der Waals surface area contributed by atoms with Crippen molar-refractivity contribution in [1.29, 1.82) is 0 Å². The first-order valence-corrected chi connectivity index (χ1v) is 6.69. The summed E-state index contributed by atoms with van der Waals surface area (Å²) >= 11 is 0. The fraction of sp³-hybridized carbons (Fsp3) is 0.111.